The number of likely N-dealkylation sites (tertiary alicyclic amines) is 1. The van der Waals surface area contributed by atoms with Crippen LogP contribution in [0.15, 0.2) is 72.8 Å². The van der Waals surface area contributed by atoms with E-state index < -0.39 is 17.7 Å². The normalized spacial score (nSPS) is 17.4. The number of aliphatic hydroxyl groups is 1. The minimum atomic E-state index is -0.731. The van der Waals surface area contributed by atoms with Gasteiger partial charge in [-0.15, -0.1) is 0 Å². The minimum absolute atomic E-state index is 0.0565. The lowest BCUT2D eigenvalue weighted by molar-refractivity contribution is -0.139. The van der Waals surface area contributed by atoms with Gasteiger partial charge in [0.1, 0.15) is 17.3 Å². The first-order valence-electron chi connectivity index (χ1n) is 10.6. The largest absolute Gasteiger partial charge is 0.507 e. The SMILES string of the molecule is COc1ccc(/C(O)=C2\C(=O)C(=O)N(CCCn3ccnc3)C2c2cccc(OC)c2)cc1. The second kappa shape index (κ2) is 9.60. The molecule has 0 radical (unpaired) electrons. The van der Waals surface area contributed by atoms with Crippen molar-refractivity contribution in [1.82, 2.24) is 14.5 Å². The first-order valence-corrected chi connectivity index (χ1v) is 10.6. The van der Waals surface area contributed by atoms with Crippen molar-refractivity contribution in [3.05, 3.63) is 84.0 Å². The number of hydrogen-bond donors (Lipinski definition) is 1. The molecule has 0 bridgehead atoms. The van der Waals surface area contributed by atoms with Gasteiger partial charge in [-0.3, -0.25) is 9.59 Å². The van der Waals surface area contributed by atoms with E-state index in [-0.39, 0.29) is 11.3 Å². The van der Waals surface area contributed by atoms with Crippen LogP contribution in [-0.4, -0.2) is 52.0 Å². The summed E-state index contributed by atoms with van der Waals surface area (Å²) >= 11 is 0. The Labute approximate surface area is 191 Å². The minimum Gasteiger partial charge on any atom is -0.507 e. The summed E-state index contributed by atoms with van der Waals surface area (Å²) in [6.45, 7) is 0.982. The van der Waals surface area contributed by atoms with Gasteiger partial charge in [0.25, 0.3) is 11.7 Å². The maximum Gasteiger partial charge on any atom is 0.295 e. The van der Waals surface area contributed by atoms with Gasteiger partial charge in [-0.2, -0.15) is 0 Å². The summed E-state index contributed by atoms with van der Waals surface area (Å²) in [5.74, 6) is -0.347. The molecule has 0 aliphatic carbocycles. The molecule has 1 aliphatic rings. The third kappa shape index (κ3) is 4.45. The molecule has 1 amide bonds. The molecule has 8 nitrogen and oxygen atoms in total. The molecule has 1 atom stereocenters. The quantitative estimate of drug-likeness (QED) is 0.323. The van der Waals surface area contributed by atoms with Crippen molar-refractivity contribution in [3.63, 3.8) is 0 Å². The predicted molar refractivity (Wildman–Crippen MR) is 122 cm³/mol. The number of aryl methyl sites for hydroxylation is 1. The Bertz CT molecular complexity index is 1170. The fourth-order valence-corrected chi connectivity index (χ4v) is 4.02. The van der Waals surface area contributed by atoms with E-state index >= 15 is 0 Å². The molecule has 8 heteroatoms. The molecular weight excluding hydrogens is 422 g/mol. The van der Waals surface area contributed by atoms with Crippen LogP contribution >= 0.6 is 0 Å². The number of amides is 1. The van der Waals surface area contributed by atoms with Gasteiger partial charge in [0.15, 0.2) is 0 Å². The molecule has 3 aromatic rings. The lowest BCUT2D eigenvalue weighted by Gasteiger charge is -2.25. The van der Waals surface area contributed by atoms with Crippen LogP contribution in [0.3, 0.4) is 0 Å². The van der Waals surface area contributed by atoms with Gasteiger partial charge in [0.05, 0.1) is 32.2 Å². The first-order chi connectivity index (χ1) is 16.0. The monoisotopic (exact) mass is 447 g/mol. The van der Waals surface area contributed by atoms with Gasteiger partial charge in [0, 0.05) is 31.0 Å². The Hall–Kier alpha value is -4.07. The smallest absolute Gasteiger partial charge is 0.295 e. The number of aromatic nitrogens is 2. The molecule has 33 heavy (non-hydrogen) atoms. The van der Waals surface area contributed by atoms with E-state index in [0.717, 1.165) is 0 Å². The van der Waals surface area contributed by atoms with E-state index in [0.29, 0.717) is 42.1 Å². The predicted octanol–water partition coefficient (Wildman–Crippen LogP) is 3.41. The number of methoxy groups -OCH3 is 2. The van der Waals surface area contributed by atoms with Crippen molar-refractivity contribution in [1.29, 1.82) is 0 Å². The van der Waals surface area contributed by atoms with Crippen molar-refractivity contribution < 1.29 is 24.2 Å². The highest BCUT2D eigenvalue weighted by Gasteiger charge is 2.45. The fourth-order valence-electron chi connectivity index (χ4n) is 4.02. The summed E-state index contributed by atoms with van der Waals surface area (Å²) in [6, 6.07) is 13.2. The third-order valence-corrected chi connectivity index (χ3v) is 5.69. The number of ether oxygens (including phenoxy) is 2. The summed E-state index contributed by atoms with van der Waals surface area (Å²) in [4.78, 5) is 31.7. The summed E-state index contributed by atoms with van der Waals surface area (Å²) in [5, 5.41) is 11.1. The molecule has 1 saturated heterocycles. The number of Topliss-reactive ketones (excluding diaryl/α,β-unsaturated/α-hetero) is 1. The molecule has 2 aromatic carbocycles. The van der Waals surface area contributed by atoms with Crippen LogP contribution in [0, 0.1) is 0 Å². The average Bonchev–Trinajstić information content (AvgIpc) is 3.46. The highest BCUT2D eigenvalue weighted by molar-refractivity contribution is 6.46. The number of imidazole rings is 1. The molecule has 0 saturated carbocycles. The molecule has 2 heterocycles. The van der Waals surface area contributed by atoms with Crippen LogP contribution in [0.5, 0.6) is 11.5 Å². The van der Waals surface area contributed by atoms with Crippen LogP contribution in [-0.2, 0) is 16.1 Å². The first kappa shape index (κ1) is 22.1. The van der Waals surface area contributed by atoms with Crippen molar-refractivity contribution in [2.75, 3.05) is 20.8 Å². The summed E-state index contributed by atoms with van der Waals surface area (Å²) < 4.78 is 12.4. The fraction of sp³-hybridized carbons (Fsp3) is 0.240. The zero-order chi connectivity index (χ0) is 23.4. The highest BCUT2D eigenvalue weighted by Crippen LogP contribution is 2.40. The Morgan fingerprint density at radius 1 is 1.03 bits per heavy atom. The molecule has 170 valence electrons. The molecule has 0 spiro atoms. The molecule has 1 aromatic heterocycles. The van der Waals surface area contributed by atoms with E-state index in [1.165, 1.54) is 4.90 Å². The van der Waals surface area contributed by atoms with E-state index in [1.807, 2.05) is 16.8 Å². The maximum absolute atomic E-state index is 13.1. The molecule has 1 aliphatic heterocycles. The standard InChI is InChI=1S/C25H25N3O5/c1-32-19-9-7-17(8-10-19)23(29)21-22(18-5-3-6-20(15-18)33-2)28(25(31)24(21)30)13-4-12-27-14-11-26-16-27/h3,5-11,14-16,22,29H,4,12-13H2,1-2H3/b23-21+. The Morgan fingerprint density at radius 3 is 2.45 bits per heavy atom. The van der Waals surface area contributed by atoms with Crippen LogP contribution < -0.4 is 9.47 Å². The van der Waals surface area contributed by atoms with Gasteiger partial charge in [-0.05, 0) is 48.4 Å². The van der Waals surface area contributed by atoms with Crippen molar-refractivity contribution in [2.24, 2.45) is 0 Å². The van der Waals surface area contributed by atoms with Crippen LogP contribution in [0.1, 0.15) is 23.6 Å². The van der Waals surface area contributed by atoms with Gasteiger partial charge >= 0.3 is 0 Å². The van der Waals surface area contributed by atoms with Crippen molar-refractivity contribution in [2.45, 2.75) is 19.0 Å². The zero-order valence-corrected chi connectivity index (χ0v) is 18.5. The Morgan fingerprint density at radius 2 is 1.79 bits per heavy atom. The average molecular weight is 447 g/mol. The maximum atomic E-state index is 13.1. The van der Waals surface area contributed by atoms with Crippen LogP contribution in [0.4, 0.5) is 0 Å². The van der Waals surface area contributed by atoms with Crippen LogP contribution in [0.25, 0.3) is 5.76 Å². The second-order valence-corrected chi connectivity index (χ2v) is 7.65. The third-order valence-electron chi connectivity index (χ3n) is 5.69. The molecule has 1 N–H and O–H groups in total. The summed E-state index contributed by atoms with van der Waals surface area (Å²) in [6.07, 6.45) is 5.86. The number of rotatable bonds is 8. The van der Waals surface area contributed by atoms with Crippen LogP contribution in [0.2, 0.25) is 0 Å². The topological polar surface area (TPSA) is 93.9 Å². The van der Waals surface area contributed by atoms with Crippen molar-refractivity contribution in [3.8, 4) is 11.5 Å². The number of hydrogen-bond acceptors (Lipinski definition) is 6. The number of nitrogens with zero attached hydrogens (tertiary/aromatic N) is 3. The van der Waals surface area contributed by atoms with Gasteiger partial charge in [-0.1, -0.05) is 12.1 Å². The lowest BCUT2D eigenvalue weighted by Crippen LogP contribution is -2.31. The molecule has 4 rings (SSSR count). The summed E-state index contributed by atoms with van der Waals surface area (Å²) in [5.41, 5.74) is 1.17. The Kier molecular flexibility index (Phi) is 6.44. The van der Waals surface area contributed by atoms with Gasteiger partial charge in [0.2, 0.25) is 0 Å². The van der Waals surface area contributed by atoms with E-state index in [4.69, 9.17) is 9.47 Å². The number of carbonyl (C=O) groups excluding carboxylic acids is 2. The lowest BCUT2D eigenvalue weighted by atomic mass is 9.95. The zero-order valence-electron chi connectivity index (χ0n) is 18.5. The van der Waals surface area contributed by atoms with Gasteiger partial charge in [-0.25, -0.2) is 4.98 Å². The second-order valence-electron chi connectivity index (χ2n) is 7.65. The van der Waals surface area contributed by atoms with Crippen molar-refractivity contribution >= 4 is 17.4 Å². The van der Waals surface area contributed by atoms with E-state index in [1.54, 1.807) is 69.2 Å². The number of ketones is 1. The number of benzene rings is 2. The number of carbonyl (C=O) groups is 2. The molecular formula is C25H25N3O5. The Balaban J connectivity index is 1.74. The van der Waals surface area contributed by atoms with E-state index in [2.05, 4.69) is 4.98 Å². The van der Waals surface area contributed by atoms with Gasteiger partial charge < -0.3 is 24.0 Å². The molecule has 1 unspecified atom stereocenters. The van der Waals surface area contributed by atoms with E-state index in [9.17, 15) is 14.7 Å². The summed E-state index contributed by atoms with van der Waals surface area (Å²) in [7, 11) is 3.10. The highest BCUT2D eigenvalue weighted by atomic mass is 16.5. The number of aliphatic hydroxyl groups excluding tert-OH is 1. The molecule has 1 fully saturated rings.